The summed E-state index contributed by atoms with van der Waals surface area (Å²) in [7, 11) is 5.87. The zero-order valence-corrected chi connectivity index (χ0v) is 15.7. The summed E-state index contributed by atoms with van der Waals surface area (Å²) in [6.07, 6.45) is 7.07. The van der Waals surface area contributed by atoms with E-state index in [1.54, 1.807) is 39.9 Å². The fourth-order valence-corrected chi connectivity index (χ4v) is 3.54. The number of nitrogens with zero attached hydrogens (tertiary/aromatic N) is 7. The smallest absolute Gasteiger partial charge is 0.275 e. The van der Waals surface area contributed by atoms with E-state index in [-0.39, 0.29) is 18.1 Å². The Balaban J connectivity index is 1.70. The number of hydrogen-bond donors (Lipinski definition) is 0. The second kappa shape index (κ2) is 7.09. The normalized spacial score (nSPS) is 20.5. The van der Waals surface area contributed by atoms with Gasteiger partial charge in [0.2, 0.25) is 0 Å². The Hall–Kier alpha value is -2.78. The Morgan fingerprint density at radius 1 is 1.41 bits per heavy atom. The van der Waals surface area contributed by atoms with Crippen LogP contribution in [-0.2, 0) is 11.8 Å². The van der Waals surface area contributed by atoms with Gasteiger partial charge in [0.15, 0.2) is 11.3 Å². The minimum atomic E-state index is -0.222. The Bertz CT molecular complexity index is 915. The Morgan fingerprint density at radius 3 is 2.96 bits per heavy atom. The van der Waals surface area contributed by atoms with Crippen LogP contribution < -0.4 is 0 Å². The van der Waals surface area contributed by atoms with E-state index in [2.05, 4.69) is 20.1 Å². The molecule has 0 unspecified atom stereocenters. The number of aromatic nitrogens is 5. The largest absolute Gasteiger partial charge is 0.373 e. The molecule has 9 heteroatoms. The predicted molar refractivity (Wildman–Crippen MR) is 98.3 cm³/mol. The molecule has 1 saturated heterocycles. The van der Waals surface area contributed by atoms with Gasteiger partial charge in [-0.1, -0.05) is 0 Å². The number of ether oxygens (including phenoxy) is 1. The SMILES string of the molecule is CN(C)C[C@@H]1OCCN(C(=O)c2cc3ncccn3n2)[C@H]1c1cnn(C)c1. The number of amides is 1. The van der Waals surface area contributed by atoms with Gasteiger partial charge >= 0.3 is 0 Å². The summed E-state index contributed by atoms with van der Waals surface area (Å²) in [6, 6.07) is 3.29. The number of rotatable bonds is 4. The number of morpholine rings is 1. The zero-order valence-electron chi connectivity index (χ0n) is 15.7. The highest BCUT2D eigenvalue weighted by molar-refractivity contribution is 5.93. The molecule has 1 amide bonds. The number of likely N-dealkylation sites (N-methyl/N-ethyl adjacent to an activating group) is 1. The maximum Gasteiger partial charge on any atom is 0.275 e. The van der Waals surface area contributed by atoms with Gasteiger partial charge in [0.05, 0.1) is 24.9 Å². The minimum absolute atomic E-state index is 0.124. The monoisotopic (exact) mass is 369 g/mol. The van der Waals surface area contributed by atoms with E-state index in [1.807, 2.05) is 32.2 Å². The lowest BCUT2D eigenvalue weighted by atomic mass is 10.00. The molecule has 142 valence electrons. The molecule has 27 heavy (non-hydrogen) atoms. The van der Waals surface area contributed by atoms with E-state index in [0.717, 1.165) is 5.56 Å². The molecule has 0 saturated carbocycles. The van der Waals surface area contributed by atoms with Crippen molar-refractivity contribution in [3.63, 3.8) is 0 Å². The predicted octanol–water partition coefficient (Wildman–Crippen LogP) is 0.607. The van der Waals surface area contributed by atoms with E-state index >= 15 is 0 Å². The van der Waals surface area contributed by atoms with Gasteiger partial charge in [-0.3, -0.25) is 9.48 Å². The molecule has 9 nitrogen and oxygen atoms in total. The lowest BCUT2D eigenvalue weighted by molar-refractivity contribution is -0.0686. The standard InChI is InChI=1S/C18H23N7O2/c1-22(2)12-15-17(13-10-20-23(3)11-13)24(7-8-27-15)18(26)14-9-16-19-5-4-6-25(16)21-14/h4-6,9-11,15,17H,7-8,12H2,1-3H3/t15-,17-/m0/s1. The molecule has 0 radical (unpaired) electrons. The first-order chi connectivity index (χ1) is 13.0. The fourth-order valence-electron chi connectivity index (χ4n) is 3.54. The highest BCUT2D eigenvalue weighted by Gasteiger charge is 2.38. The lowest BCUT2D eigenvalue weighted by Gasteiger charge is -2.41. The van der Waals surface area contributed by atoms with Gasteiger partial charge in [-0.25, -0.2) is 9.50 Å². The third kappa shape index (κ3) is 3.43. The molecule has 0 spiro atoms. The molecule has 3 aromatic heterocycles. The molecule has 1 fully saturated rings. The molecule has 4 rings (SSSR count). The highest BCUT2D eigenvalue weighted by atomic mass is 16.5. The van der Waals surface area contributed by atoms with Crippen LogP contribution in [-0.4, -0.2) is 80.0 Å². The quantitative estimate of drug-likeness (QED) is 0.670. The molecular weight excluding hydrogens is 346 g/mol. The van der Waals surface area contributed by atoms with E-state index in [0.29, 0.717) is 31.0 Å². The number of carbonyl (C=O) groups is 1. The van der Waals surface area contributed by atoms with Crippen LogP contribution >= 0.6 is 0 Å². The molecule has 3 aromatic rings. The van der Waals surface area contributed by atoms with Gasteiger partial charge in [0, 0.05) is 50.4 Å². The van der Waals surface area contributed by atoms with E-state index in [9.17, 15) is 4.79 Å². The topological polar surface area (TPSA) is 80.8 Å². The van der Waals surface area contributed by atoms with Gasteiger partial charge in [-0.15, -0.1) is 0 Å². The summed E-state index contributed by atoms with van der Waals surface area (Å²) in [4.78, 5) is 21.5. The molecule has 1 aliphatic rings. The Kier molecular flexibility index (Phi) is 4.63. The van der Waals surface area contributed by atoms with Crippen molar-refractivity contribution in [2.24, 2.45) is 7.05 Å². The third-order valence-electron chi connectivity index (χ3n) is 4.68. The van der Waals surface area contributed by atoms with Gasteiger partial charge in [-0.05, 0) is 20.2 Å². The van der Waals surface area contributed by atoms with Crippen LogP contribution in [0.5, 0.6) is 0 Å². The second-order valence-electron chi connectivity index (χ2n) is 7.01. The van der Waals surface area contributed by atoms with Gasteiger partial charge in [0.25, 0.3) is 5.91 Å². The van der Waals surface area contributed by atoms with Crippen LogP contribution in [0.15, 0.2) is 36.9 Å². The van der Waals surface area contributed by atoms with Crippen molar-refractivity contribution in [2.75, 3.05) is 33.8 Å². The molecule has 0 aliphatic carbocycles. The number of aryl methyl sites for hydroxylation is 1. The first-order valence-electron chi connectivity index (χ1n) is 8.89. The molecule has 0 aromatic carbocycles. The molecule has 0 bridgehead atoms. The van der Waals surface area contributed by atoms with Crippen molar-refractivity contribution in [3.8, 4) is 0 Å². The molecule has 0 N–H and O–H groups in total. The van der Waals surface area contributed by atoms with Crippen molar-refractivity contribution in [3.05, 3.63) is 48.2 Å². The van der Waals surface area contributed by atoms with Crippen LogP contribution in [0, 0.1) is 0 Å². The molecular formula is C18H23N7O2. The Morgan fingerprint density at radius 2 is 2.26 bits per heavy atom. The van der Waals surface area contributed by atoms with Crippen molar-refractivity contribution < 1.29 is 9.53 Å². The second-order valence-corrected chi connectivity index (χ2v) is 7.01. The number of fused-ring (bicyclic) bond motifs is 1. The average Bonchev–Trinajstić information content (AvgIpc) is 3.26. The Labute approximate surface area is 157 Å². The summed E-state index contributed by atoms with van der Waals surface area (Å²) >= 11 is 0. The van der Waals surface area contributed by atoms with Crippen LogP contribution in [0.1, 0.15) is 22.1 Å². The van der Waals surface area contributed by atoms with Crippen molar-refractivity contribution >= 4 is 11.6 Å². The molecule has 4 heterocycles. The fraction of sp³-hybridized carbons (Fsp3) is 0.444. The summed E-state index contributed by atoms with van der Waals surface area (Å²) in [5.41, 5.74) is 1.99. The lowest BCUT2D eigenvalue weighted by Crippen LogP contribution is -2.51. The van der Waals surface area contributed by atoms with Crippen LogP contribution in [0.4, 0.5) is 0 Å². The van der Waals surface area contributed by atoms with Crippen LogP contribution in [0.2, 0.25) is 0 Å². The zero-order chi connectivity index (χ0) is 19.0. The van der Waals surface area contributed by atoms with Crippen LogP contribution in [0.3, 0.4) is 0 Å². The van der Waals surface area contributed by atoms with E-state index in [1.165, 1.54) is 0 Å². The van der Waals surface area contributed by atoms with Gasteiger partial charge in [0.1, 0.15) is 0 Å². The molecule has 2 atom stereocenters. The molecule has 1 aliphatic heterocycles. The maximum absolute atomic E-state index is 13.3. The highest BCUT2D eigenvalue weighted by Crippen LogP contribution is 2.31. The average molecular weight is 369 g/mol. The van der Waals surface area contributed by atoms with Gasteiger partial charge < -0.3 is 14.5 Å². The van der Waals surface area contributed by atoms with Crippen molar-refractivity contribution in [1.29, 1.82) is 0 Å². The minimum Gasteiger partial charge on any atom is -0.373 e. The summed E-state index contributed by atoms with van der Waals surface area (Å²) in [5, 5.41) is 8.68. The summed E-state index contributed by atoms with van der Waals surface area (Å²) < 4.78 is 9.39. The van der Waals surface area contributed by atoms with Crippen molar-refractivity contribution in [1.82, 2.24) is 34.2 Å². The van der Waals surface area contributed by atoms with E-state index in [4.69, 9.17) is 4.74 Å². The first kappa shape index (κ1) is 17.6. The third-order valence-corrected chi connectivity index (χ3v) is 4.68. The van der Waals surface area contributed by atoms with Crippen LogP contribution in [0.25, 0.3) is 5.65 Å². The van der Waals surface area contributed by atoms with E-state index < -0.39 is 0 Å². The summed E-state index contributed by atoms with van der Waals surface area (Å²) in [6.45, 7) is 1.70. The maximum atomic E-state index is 13.3. The van der Waals surface area contributed by atoms with Crippen molar-refractivity contribution in [2.45, 2.75) is 12.1 Å². The first-order valence-corrected chi connectivity index (χ1v) is 8.89. The van der Waals surface area contributed by atoms with Gasteiger partial charge in [-0.2, -0.15) is 10.2 Å². The number of carbonyl (C=O) groups excluding carboxylic acids is 1. The number of hydrogen-bond acceptors (Lipinski definition) is 6. The summed E-state index contributed by atoms with van der Waals surface area (Å²) in [5.74, 6) is -0.124.